The van der Waals surface area contributed by atoms with Crippen LogP contribution in [-0.2, 0) is 4.79 Å². The minimum atomic E-state index is -0.00961. The van der Waals surface area contributed by atoms with Crippen molar-refractivity contribution in [2.24, 2.45) is 0 Å². The van der Waals surface area contributed by atoms with E-state index in [-0.39, 0.29) is 5.91 Å². The molecule has 0 spiro atoms. The molecule has 94 valence electrons. The van der Waals surface area contributed by atoms with E-state index in [9.17, 15) is 4.79 Å². The van der Waals surface area contributed by atoms with Crippen LogP contribution in [0.25, 0.3) is 0 Å². The van der Waals surface area contributed by atoms with Crippen molar-refractivity contribution in [2.45, 2.75) is 12.8 Å². The quantitative estimate of drug-likeness (QED) is 0.768. The summed E-state index contributed by atoms with van der Waals surface area (Å²) < 4.78 is 5.07. The molecule has 2 N–H and O–H groups in total. The van der Waals surface area contributed by atoms with Crippen LogP contribution < -0.4 is 15.4 Å². The molecule has 1 amide bonds. The fourth-order valence-electron chi connectivity index (χ4n) is 1.39. The maximum atomic E-state index is 11.6. The van der Waals surface area contributed by atoms with Crippen molar-refractivity contribution in [3.63, 3.8) is 0 Å². The Morgan fingerprint density at radius 1 is 1.47 bits per heavy atom. The van der Waals surface area contributed by atoms with E-state index >= 15 is 0 Å². The van der Waals surface area contributed by atoms with Crippen LogP contribution in [-0.4, -0.2) is 26.6 Å². The summed E-state index contributed by atoms with van der Waals surface area (Å²) in [6, 6.07) is 5.16. The molecule has 0 unspecified atom stereocenters. The van der Waals surface area contributed by atoms with Gasteiger partial charge in [-0.3, -0.25) is 4.79 Å². The lowest BCUT2D eigenvalue weighted by Gasteiger charge is -2.08. The zero-order valence-electron chi connectivity index (χ0n) is 10.0. The van der Waals surface area contributed by atoms with E-state index in [1.165, 1.54) is 0 Å². The Bertz CT molecular complexity index is 383. The van der Waals surface area contributed by atoms with Crippen LogP contribution in [0.3, 0.4) is 0 Å². The number of halogens is 1. The molecule has 0 bridgehead atoms. The van der Waals surface area contributed by atoms with Crippen LogP contribution in [0, 0.1) is 0 Å². The first-order valence-electron chi connectivity index (χ1n) is 5.45. The number of amides is 1. The number of ether oxygens (including phenoxy) is 1. The van der Waals surface area contributed by atoms with Gasteiger partial charge < -0.3 is 15.4 Å². The Morgan fingerprint density at radius 2 is 2.24 bits per heavy atom. The van der Waals surface area contributed by atoms with Crippen molar-refractivity contribution in [1.82, 2.24) is 5.32 Å². The van der Waals surface area contributed by atoms with Crippen LogP contribution >= 0.6 is 11.6 Å². The predicted octanol–water partition coefficient (Wildman–Crippen LogP) is 2.29. The van der Waals surface area contributed by atoms with Gasteiger partial charge in [0.25, 0.3) is 0 Å². The van der Waals surface area contributed by atoms with Gasteiger partial charge in [0.2, 0.25) is 5.91 Å². The first kappa shape index (κ1) is 13.8. The number of hydrogen-bond donors (Lipinski definition) is 2. The Labute approximate surface area is 106 Å². The van der Waals surface area contributed by atoms with E-state index in [1.807, 2.05) is 7.05 Å². The van der Waals surface area contributed by atoms with Crippen molar-refractivity contribution >= 4 is 23.2 Å². The molecular formula is C12H17ClN2O2. The summed E-state index contributed by atoms with van der Waals surface area (Å²) in [6.07, 6.45) is 1.30. The summed E-state index contributed by atoms with van der Waals surface area (Å²) in [6.45, 7) is 0.831. The zero-order valence-corrected chi connectivity index (χ0v) is 10.8. The average molecular weight is 257 g/mol. The van der Waals surface area contributed by atoms with Gasteiger partial charge in [-0.15, -0.1) is 0 Å². The monoisotopic (exact) mass is 256 g/mol. The average Bonchev–Trinajstić information content (AvgIpc) is 2.32. The molecule has 1 aromatic rings. The van der Waals surface area contributed by atoms with Gasteiger partial charge in [-0.25, -0.2) is 0 Å². The fourth-order valence-corrected chi connectivity index (χ4v) is 1.58. The SMILES string of the molecule is CNCCCC(=O)Nc1ccc(Cl)c(OC)c1. The van der Waals surface area contributed by atoms with Gasteiger partial charge in [0, 0.05) is 18.2 Å². The van der Waals surface area contributed by atoms with Gasteiger partial charge in [-0.05, 0) is 32.1 Å². The van der Waals surface area contributed by atoms with Crippen molar-refractivity contribution in [3.05, 3.63) is 23.2 Å². The highest BCUT2D eigenvalue weighted by atomic mass is 35.5. The predicted molar refractivity (Wildman–Crippen MR) is 69.8 cm³/mol. The summed E-state index contributed by atoms with van der Waals surface area (Å²) in [4.78, 5) is 11.6. The van der Waals surface area contributed by atoms with Crippen LogP contribution in [0.1, 0.15) is 12.8 Å². The maximum absolute atomic E-state index is 11.6. The molecule has 0 atom stereocenters. The third kappa shape index (κ3) is 4.63. The molecule has 0 saturated carbocycles. The normalized spacial score (nSPS) is 10.1. The largest absolute Gasteiger partial charge is 0.495 e. The number of carbonyl (C=O) groups is 1. The maximum Gasteiger partial charge on any atom is 0.224 e. The van der Waals surface area contributed by atoms with Crippen LogP contribution in [0.4, 0.5) is 5.69 Å². The fraction of sp³-hybridized carbons (Fsp3) is 0.417. The first-order valence-corrected chi connectivity index (χ1v) is 5.83. The van der Waals surface area contributed by atoms with Crippen LogP contribution in [0.15, 0.2) is 18.2 Å². The summed E-state index contributed by atoms with van der Waals surface area (Å²) in [5, 5.41) is 6.32. The van der Waals surface area contributed by atoms with Crippen LogP contribution in [0.2, 0.25) is 5.02 Å². The molecule has 0 aromatic heterocycles. The summed E-state index contributed by atoms with van der Waals surface area (Å²) >= 11 is 5.89. The molecule has 0 fully saturated rings. The standard InChI is InChI=1S/C12H17ClN2O2/c1-14-7-3-4-12(16)15-9-5-6-10(13)11(8-9)17-2/h5-6,8,14H,3-4,7H2,1-2H3,(H,15,16). The second kappa shape index (κ2) is 7.14. The third-order valence-electron chi connectivity index (χ3n) is 2.27. The van der Waals surface area contributed by atoms with Gasteiger partial charge in [0.15, 0.2) is 0 Å². The van der Waals surface area contributed by atoms with E-state index in [0.29, 0.717) is 22.9 Å². The van der Waals surface area contributed by atoms with Gasteiger partial charge in [0.1, 0.15) is 5.75 Å². The number of anilines is 1. The van der Waals surface area contributed by atoms with E-state index in [4.69, 9.17) is 16.3 Å². The van der Waals surface area contributed by atoms with Gasteiger partial charge >= 0.3 is 0 Å². The lowest BCUT2D eigenvalue weighted by molar-refractivity contribution is -0.116. The zero-order chi connectivity index (χ0) is 12.7. The smallest absolute Gasteiger partial charge is 0.224 e. The second-order valence-corrected chi connectivity index (χ2v) is 4.01. The molecule has 17 heavy (non-hydrogen) atoms. The topological polar surface area (TPSA) is 50.4 Å². The third-order valence-corrected chi connectivity index (χ3v) is 2.58. The van der Waals surface area contributed by atoms with Gasteiger partial charge in [0.05, 0.1) is 12.1 Å². The van der Waals surface area contributed by atoms with Crippen LogP contribution in [0.5, 0.6) is 5.75 Å². The van der Waals surface area contributed by atoms with Gasteiger partial charge in [-0.1, -0.05) is 11.6 Å². The molecule has 5 heteroatoms. The Hall–Kier alpha value is -1.26. The molecule has 0 aliphatic carbocycles. The number of hydrogen-bond acceptors (Lipinski definition) is 3. The van der Waals surface area contributed by atoms with Crippen molar-refractivity contribution in [3.8, 4) is 5.75 Å². The molecule has 0 radical (unpaired) electrons. The molecule has 0 aliphatic heterocycles. The second-order valence-electron chi connectivity index (χ2n) is 3.60. The summed E-state index contributed by atoms with van der Waals surface area (Å²) in [5.41, 5.74) is 0.695. The van der Waals surface area contributed by atoms with E-state index in [0.717, 1.165) is 13.0 Å². The Morgan fingerprint density at radius 3 is 2.88 bits per heavy atom. The van der Waals surface area contributed by atoms with E-state index in [2.05, 4.69) is 10.6 Å². The molecule has 0 heterocycles. The molecule has 1 aromatic carbocycles. The van der Waals surface area contributed by atoms with Gasteiger partial charge in [-0.2, -0.15) is 0 Å². The van der Waals surface area contributed by atoms with Crippen molar-refractivity contribution in [2.75, 3.05) is 26.0 Å². The highest BCUT2D eigenvalue weighted by Gasteiger charge is 2.05. The lowest BCUT2D eigenvalue weighted by atomic mass is 10.2. The molecular weight excluding hydrogens is 240 g/mol. The number of benzene rings is 1. The number of rotatable bonds is 6. The number of carbonyl (C=O) groups excluding carboxylic acids is 1. The highest BCUT2D eigenvalue weighted by Crippen LogP contribution is 2.27. The minimum Gasteiger partial charge on any atom is -0.495 e. The van der Waals surface area contributed by atoms with Crippen molar-refractivity contribution < 1.29 is 9.53 Å². The van der Waals surface area contributed by atoms with E-state index < -0.39 is 0 Å². The molecule has 4 nitrogen and oxygen atoms in total. The molecule has 0 saturated heterocycles. The Kier molecular flexibility index (Phi) is 5.80. The minimum absolute atomic E-state index is 0.00961. The molecule has 0 aliphatic rings. The van der Waals surface area contributed by atoms with Crippen molar-refractivity contribution in [1.29, 1.82) is 0 Å². The van der Waals surface area contributed by atoms with E-state index in [1.54, 1.807) is 25.3 Å². The summed E-state index contributed by atoms with van der Waals surface area (Å²) in [5.74, 6) is 0.546. The Balaban J connectivity index is 2.53. The lowest BCUT2D eigenvalue weighted by Crippen LogP contribution is -2.15. The number of methoxy groups -OCH3 is 1. The molecule has 1 rings (SSSR count). The summed E-state index contributed by atoms with van der Waals surface area (Å²) in [7, 11) is 3.40. The first-order chi connectivity index (χ1) is 8.17. The number of nitrogens with one attached hydrogen (secondary N) is 2. The highest BCUT2D eigenvalue weighted by molar-refractivity contribution is 6.32.